The Hall–Kier alpha value is -6.83. The standard InChI is InChI=1S/C46H46N8O6/c1-25(2)39(52-46(58)60-4)44(56)53-20-6-9-37(53)41-48-33-18-16-29(21-35(33)50-41)26-10-12-27(13-11-26)30-17-19-34-36(22-30)51-42(49-34)38-23-31-8-5-7-28-14-15-32(24-47-45(57)59-3)43(55)54(38)40(28)31/h5,7-8,10-13,16-19,21-22,24-25,32,37-39H,6,9,14-15,20,23H2,1-4H3,(H,48,50)(H,49,51)(H,52,58)/b47-24-/t32?,37-,38-,39-/m0/s1. The second-order valence-electron chi connectivity index (χ2n) is 16.1. The van der Waals surface area contributed by atoms with Crippen LogP contribution in [0.3, 0.4) is 0 Å². The molecule has 0 aliphatic carbocycles. The number of H-pyrrole nitrogens is 2. The number of aromatic nitrogens is 4. The number of nitrogens with one attached hydrogen (secondary N) is 3. The summed E-state index contributed by atoms with van der Waals surface area (Å²) in [6.45, 7) is 4.40. The number of carbonyl (C=O) groups is 4. The Morgan fingerprint density at radius 1 is 0.817 bits per heavy atom. The Labute approximate surface area is 346 Å². The van der Waals surface area contributed by atoms with E-state index in [1.807, 2.05) is 41.8 Å². The van der Waals surface area contributed by atoms with Crippen molar-refractivity contribution in [1.82, 2.24) is 30.2 Å². The van der Waals surface area contributed by atoms with Crippen molar-refractivity contribution in [3.8, 4) is 22.3 Å². The third-order valence-electron chi connectivity index (χ3n) is 12.1. The number of hydrogen-bond donors (Lipinski definition) is 3. The number of likely N-dealkylation sites (tertiary alicyclic amines) is 1. The van der Waals surface area contributed by atoms with E-state index in [1.54, 1.807) is 0 Å². The molecule has 60 heavy (non-hydrogen) atoms. The summed E-state index contributed by atoms with van der Waals surface area (Å²) < 4.78 is 9.46. The average Bonchev–Trinajstić information content (AvgIpc) is 4.07. The highest BCUT2D eigenvalue weighted by Crippen LogP contribution is 2.45. The molecule has 3 aliphatic rings. The Kier molecular flexibility index (Phi) is 10.1. The molecule has 4 atom stereocenters. The van der Waals surface area contributed by atoms with Crippen LogP contribution in [-0.4, -0.2) is 81.9 Å². The highest BCUT2D eigenvalue weighted by atomic mass is 16.5. The Morgan fingerprint density at radius 3 is 2.05 bits per heavy atom. The maximum Gasteiger partial charge on any atom is 0.432 e. The van der Waals surface area contributed by atoms with Gasteiger partial charge in [0.15, 0.2) is 0 Å². The number of imidazole rings is 2. The number of hydrogen-bond acceptors (Lipinski definition) is 8. The van der Waals surface area contributed by atoms with Crippen LogP contribution < -0.4 is 10.2 Å². The van der Waals surface area contributed by atoms with Gasteiger partial charge in [0, 0.05) is 19.2 Å². The van der Waals surface area contributed by atoms with Crippen molar-refractivity contribution in [2.24, 2.45) is 16.8 Å². The average molecular weight is 807 g/mol. The summed E-state index contributed by atoms with van der Waals surface area (Å²) >= 11 is 0. The number of methoxy groups -OCH3 is 2. The first kappa shape index (κ1) is 38.7. The van der Waals surface area contributed by atoms with Crippen LogP contribution in [0.15, 0.2) is 83.9 Å². The number of para-hydroxylation sites is 1. The fourth-order valence-electron chi connectivity index (χ4n) is 8.99. The van der Waals surface area contributed by atoms with Crippen molar-refractivity contribution < 1.29 is 28.7 Å². The third-order valence-corrected chi connectivity index (χ3v) is 12.1. The van der Waals surface area contributed by atoms with Crippen molar-refractivity contribution in [2.45, 2.75) is 64.1 Å². The lowest BCUT2D eigenvalue weighted by molar-refractivity contribution is -0.135. The van der Waals surface area contributed by atoms with E-state index in [0.717, 1.165) is 79.8 Å². The van der Waals surface area contributed by atoms with Crippen LogP contribution in [-0.2, 0) is 31.9 Å². The van der Waals surface area contributed by atoms with Gasteiger partial charge in [0.05, 0.1) is 60.0 Å². The molecule has 5 heterocycles. The molecular weight excluding hydrogens is 761 g/mol. The van der Waals surface area contributed by atoms with E-state index >= 15 is 0 Å². The fraction of sp³-hybridized carbons (Fsp3) is 0.326. The third kappa shape index (κ3) is 7.05. The molecule has 3 N–H and O–H groups in total. The predicted molar refractivity (Wildman–Crippen MR) is 228 cm³/mol. The number of benzene rings is 4. The van der Waals surface area contributed by atoms with Gasteiger partial charge >= 0.3 is 12.2 Å². The summed E-state index contributed by atoms with van der Waals surface area (Å²) in [4.78, 5) is 76.0. The SMILES string of the molecule is COC(=O)/N=C\C1CCc2cccc3c2N(C1=O)[C@H](c1nc2ccc(-c4ccc(-c5ccc6nc([C@@H]7CCCN7C(=O)[C@@H](NC(=O)OC)C(C)C)[nH]c6c5)cc4)cc2[nH]1)C3. The summed E-state index contributed by atoms with van der Waals surface area (Å²) in [6, 6.07) is 25.6. The summed E-state index contributed by atoms with van der Waals surface area (Å²) in [5, 5.41) is 2.71. The second kappa shape index (κ2) is 15.7. The molecule has 0 saturated carbocycles. The van der Waals surface area contributed by atoms with Crippen LogP contribution in [0.25, 0.3) is 44.3 Å². The van der Waals surface area contributed by atoms with Gasteiger partial charge in [0.1, 0.15) is 17.7 Å². The number of fused-ring (bicyclic) bond motifs is 2. The molecule has 1 unspecified atom stereocenters. The highest BCUT2D eigenvalue weighted by Gasteiger charge is 2.42. The summed E-state index contributed by atoms with van der Waals surface area (Å²) in [6.07, 6.45) is 3.55. The van der Waals surface area contributed by atoms with Crippen molar-refractivity contribution in [1.29, 1.82) is 0 Å². The molecule has 9 rings (SSSR count). The van der Waals surface area contributed by atoms with Crippen LogP contribution in [0.1, 0.15) is 68.0 Å². The zero-order valence-electron chi connectivity index (χ0n) is 33.9. The second-order valence-corrected chi connectivity index (χ2v) is 16.1. The minimum absolute atomic E-state index is 0.108. The number of rotatable bonds is 8. The van der Waals surface area contributed by atoms with E-state index in [0.29, 0.717) is 31.6 Å². The summed E-state index contributed by atoms with van der Waals surface area (Å²) in [7, 11) is 2.56. The van der Waals surface area contributed by atoms with Gasteiger partial charge in [-0.3, -0.25) is 9.59 Å². The minimum Gasteiger partial charge on any atom is -0.453 e. The van der Waals surface area contributed by atoms with Crippen LogP contribution in [0.5, 0.6) is 0 Å². The number of aromatic amines is 2. The first-order chi connectivity index (χ1) is 29.1. The van der Waals surface area contributed by atoms with Crippen LogP contribution >= 0.6 is 0 Å². The van der Waals surface area contributed by atoms with Gasteiger partial charge < -0.3 is 34.6 Å². The smallest absolute Gasteiger partial charge is 0.432 e. The number of aliphatic imine (C=N–C) groups is 1. The number of anilines is 1. The van der Waals surface area contributed by atoms with Gasteiger partial charge in [-0.1, -0.05) is 68.4 Å². The number of ether oxygens (including phenoxy) is 2. The lowest BCUT2D eigenvalue weighted by Crippen LogP contribution is -2.51. The van der Waals surface area contributed by atoms with Crippen LogP contribution in [0.4, 0.5) is 15.3 Å². The molecule has 14 nitrogen and oxygen atoms in total. The lowest BCUT2D eigenvalue weighted by atomic mass is 9.98. The molecule has 1 fully saturated rings. The maximum absolute atomic E-state index is 14.1. The molecule has 0 spiro atoms. The zero-order chi connectivity index (χ0) is 41.7. The van der Waals surface area contributed by atoms with E-state index in [9.17, 15) is 19.2 Å². The maximum atomic E-state index is 14.1. The largest absolute Gasteiger partial charge is 0.453 e. The van der Waals surface area contributed by atoms with E-state index in [-0.39, 0.29) is 29.8 Å². The predicted octanol–water partition coefficient (Wildman–Crippen LogP) is 7.85. The zero-order valence-corrected chi connectivity index (χ0v) is 33.9. The Morgan fingerprint density at radius 2 is 1.43 bits per heavy atom. The van der Waals surface area contributed by atoms with E-state index < -0.39 is 24.1 Å². The van der Waals surface area contributed by atoms with Gasteiger partial charge in [-0.2, -0.15) is 4.99 Å². The molecule has 0 radical (unpaired) electrons. The fourth-order valence-corrected chi connectivity index (χ4v) is 8.99. The quantitative estimate of drug-likeness (QED) is 0.130. The highest BCUT2D eigenvalue weighted by molar-refractivity contribution is 6.07. The van der Waals surface area contributed by atoms with Crippen molar-refractivity contribution in [2.75, 3.05) is 25.7 Å². The number of aryl methyl sites for hydroxylation is 1. The summed E-state index contributed by atoms with van der Waals surface area (Å²) in [5.41, 5.74) is 10.7. The number of nitrogens with zero attached hydrogens (tertiary/aromatic N) is 5. The molecule has 4 aromatic carbocycles. The van der Waals surface area contributed by atoms with E-state index in [1.165, 1.54) is 20.4 Å². The molecule has 4 amide bonds. The topological polar surface area (TPSA) is 175 Å². The van der Waals surface area contributed by atoms with Crippen LogP contribution in [0, 0.1) is 11.8 Å². The van der Waals surface area contributed by atoms with E-state index in [4.69, 9.17) is 14.7 Å². The molecule has 0 bridgehead atoms. The molecular formula is C46H46N8O6. The molecule has 2 aromatic heterocycles. The minimum atomic E-state index is -0.729. The summed E-state index contributed by atoms with van der Waals surface area (Å²) in [5.74, 6) is 0.512. The number of alkyl carbamates (subject to hydrolysis) is 1. The van der Waals surface area contributed by atoms with E-state index in [2.05, 4.69) is 85.7 Å². The van der Waals surface area contributed by atoms with Gasteiger partial charge in [-0.05, 0) is 89.2 Å². The molecule has 14 heteroatoms. The van der Waals surface area contributed by atoms with Gasteiger partial charge in [-0.15, -0.1) is 0 Å². The first-order valence-corrected chi connectivity index (χ1v) is 20.4. The molecule has 306 valence electrons. The molecule has 6 aromatic rings. The Balaban J connectivity index is 0.935. The van der Waals surface area contributed by atoms with Crippen molar-refractivity contribution in [3.05, 3.63) is 102 Å². The van der Waals surface area contributed by atoms with Crippen LogP contribution in [0.2, 0.25) is 0 Å². The lowest BCUT2D eigenvalue weighted by Gasteiger charge is -2.29. The normalized spacial score (nSPS) is 19.3. The number of amides is 4. The number of carbonyl (C=O) groups excluding carboxylic acids is 4. The monoisotopic (exact) mass is 806 g/mol. The molecule has 3 aliphatic heterocycles. The van der Waals surface area contributed by atoms with Crippen molar-refractivity contribution >= 4 is 58.0 Å². The van der Waals surface area contributed by atoms with Gasteiger partial charge in [-0.25, -0.2) is 19.6 Å². The first-order valence-electron chi connectivity index (χ1n) is 20.4. The van der Waals surface area contributed by atoms with Gasteiger partial charge in [0.2, 0.25) is 11.8 Å². The Bertz CT molecular complexity index is 2680. The van der Waals surface area contributed by atoms with Gasteiger partial charge in [0.25, 0.3) is 0 Å². The van der Waals surface area contributed by atoms with Crippen molar-refractivity contribution in [3.63, 3.8) is 0 Å². The molecule has 1 saturated heterocycles.